The van der Waals surface area contributed by atoms with E-state index in [1.54, 1.807) is 23.5 Å². The number of halogens is 1. The molecule has 0 radical (unpaired) electrons. The Kier molecular flexibility index (Phi) is 5.17. The Labute approximate surface area is 126 Å². The molecular weight excluding hydrogens is 295 g/mol. The van der Waals surface area contributed by atoms with E-state index in [0.29, 0.717) is 17.7 Å². The lowest BCUT2D eigenvalue weighted by atomic mass is 10.1. The van der Waals surface area contributed by atoms with Crippen molar-refractivity contribution in [2.45, 2.75) is 20.0 Å². The first-order chi connectivity index (χ1) is 9.58. The number of nitrogens with zero attached hydrogens (tertiary/aromatic N) is 1. The zero-order valence-corrected chi connectivity index (χ0v) is 12.7. The van der Waals surface area contributed by atoms with E-state index >= 15 is 0 Å². The van der Waals surface area contributed by atoms with E-state index in [2.05, 4.69) is 4.98 Å². The fourth-order valence-electron chi connectivity index (χ4n) is 1.75. The van der Waals surface area contributed by atoms with Crippen molar-refractivity contribution in [1.29, 1.82) is 0 Å². The molecule has 0 saturated carbocycles. The van der Waals surface area contributed by atoms with Gasteiger partial charge in [-0.3, -0.25) is 0 Å². The average molecular weight is 310 g/mol. The van der Waals surface area contributed by atoms with Crippen LogP contribution in [0.5, 0.6) is 0 Å². The van der Waals surface area contributed by atoms with Crippen LogP contribution in [0, 0.1) is 12.7 Å². The molecule has 0 fully saturated rings. The molecule has 0 saturated heterocycles. The van der Waals surface area contributed by atoms with Crippen LogP contribution in [-0.4, -0.2) is 16.6 Å². The van der Waals surface area contributed by atoms with Crippen molar-refractivity contribution in [1.82, 2.24) is 4.98 Å². The first-order valence-corrected chi connectivity index (χ1v) is 7.41. The second-order valence-corrected chi connectivity index (χ2v) is 5.71. The highest BCUT2D eigenvalue weighted by Gasteiger charge is 2.06. The van der Waals surface area contributed by atoms with Gasteiger partial charge in [0.2, 0.25) is 0 Å². The number of aromatic nitrogens is 1. The highest BCUT2D eigenvalue weighted by atomic mass is 32.1. The van der Waals surface area contributed by atoms with Gasteiger partial charge in [0.15, 0.2) is 0 Å². The van der Waals surface area contributed by atoms with Crippen LogP contribution in [-0.2, 0) is 17.8 Å². The number of nitrogens with two attached hydrogens (primary N) is 1. The highest BCUT2D eigenvalue weighted by Crippen LogP contribution is 2.15. The third-order valence-electron chi connectivity index (χ3n) is 2.91. The summed E-state index contributed by atoms with van der Waals surface area (Å²) in [6.45, 7) is 2.71. The normalized spacial score (nSPS) is 10.7. The summed E-state index contributed by atoms with van der Waals surface area (Å²) in [6.07, 6.45) is 0.785. The second-order valence-electron chi connectivity index (χ2n) is 4.33. The largest absolute Gasteiger partial charge is 0.389 e. The summed E-state index contributed by atoms with van der Waals surface area (Å²) in [6, 6.07) is 4.57. The molecule has 1 aromatic heterocycles. The summed E-state index contributed by atoms with van der Waals surface area (Å²) in [5.74, 6) is -0.307. The molecule has 6 heteroatoms. The fraction of sp³-hybridized carbons (Fsp3) is 0.286. The summed E-state index contributed by atoms with van der Waals surface area (Å²) in [5.41, 5.74) is 9.49. The van der Waals surface area contributed by atoms with Crippen molar-refractivity contribution in [3.8, 4) is 0 Å². The maximum absolute atomic E-state index is 13.6. The van der Waals surface area contributed by atoms with E-state index in [0.717, 1.165) is 12.1 Å². The van der Waals surface area contributed by atoms with E-state index < -0.39 is 0 Å². The predicted molar refractivity (Wildman–Crippen MR) is 82.5 cm³/mol. The van der Waals surface area contributed by atoms with Gasteiger partial charge < -0.3 is 10.5 Å². The average Bonchev–Trinajstić information content (AvgIpc) is 2.82. The SMILES string of the molecule is Cc1ncsc1CCOCc1cc(C(N)=S)ccc1F. The van der Waals surface area contributed by atoms with Gasteiger partial charge in [0, 0.05) is 22.4 Å². The molecule has 0 aliphatic heterocycles. The molecule has 3 nitrogen and oxygen atoms in total. The lowest BCUT2D eigenvalue weighted by molar-refractivity contribution is 0.121. The standard InChI is InChI=1S/C14H15FN2OS2/c1-9-13(20-8-17-9)4-5-18-7-11-6-10(14(16)19)2-3-12(11)15/h2-3,6,8H,4-5,7H2,1H3,(H2,16,19). The van der Waals surface area contributed by atoms with Gasteiger partial charge in [0.1, 0.15) is 10.8 Å². The molecule has 0 aliphatic rings. The molecule has 0 bridgehead atoms. The number of aryl methyl sites for hydroxylation is 1. The number of thiazole rings is 1. The highest BCUT2D eigenvalue weighted by molar-refractivity contribution is 7.80. The van der Waals surface area contributed by atoms with E-state index in [1.165, 1.54) is 10.9 Å². The number of ether oxygens (including phenoxy) is 1. The molecule has 2 rings (SSSR count). The van der Waals surface area contributed by atoms with Crippen LogP contribution < -0.4 is 5.73 Å². The van der Waals surface area contributed by atoms with Crippen LogP contribution in [0.2, 0.25) is 0 Å². The van der Waals surface area contributed by atoms with Crippen LogP contribution >= 0.6 is 23.6 Å². The predicted octanol–water partition coefficient (Wildman–Crippen LogP) is 2.98. The maximum atomic E-state index is 13.6. The van der Waals surface area contributed by atoms with Crippen molar-refractivity contribution in [2.24, 2.45) is 5.73 Å². The van der Waals surface area contributed by atoms with Crippen molar-refractivity contribution < 1.29 is 9.13 Å². The summed E-state index contributed by atoms with van der Waals surface area (Å²) < 4.78 is 19.1. The van der Waals surface area contributed by atoms with Crippen LogP contribution in [0.3, 0.4) is 0 Å². The zero-order valence-electron chi connectivity index (χ0n) is 11.1. The molecule has 0 atom stereocenters. The lowest BCUT2D eigenvalue weighted by Gasteiger charge is -2.07. The Balaban J connectivity index is 1.89. The number of benzene rings is 1. The fourth-order valence-corrected chi connectivity index (χ4v) is 2.64. The maximum Gasteiger partial charge on any atom is 0.128 e. The first kappa shape index (κ1) is 15.0. The smallest absolute Gasteiger partial charge is 0.128 e. The Morgan fingerprint density at radius 3 is 2.95 bits per heavy atom. The Morgan fingerprint density at radius 2 is 2.30 bits per heavy atom. The van der Waals surface area contributed by atoms with Crippen LogP contribution in [0.4, 0.5) is 4.39 Å². The van der Waals surface area contributed by atoms with E-state index in [-0.39, 0.29) is 17.4 Å². The summed E-state index contributed by atoms with van der Waals surface area (Å²) >= 11 is 6.48. The van der Waals surface area contributed by atoms with Gasteiger partial charge in [-0.1, -0.05) is 12.2 Å². The first-order valence-electron chi connectivity index (χ1n) is 6.13. The number of rotatable bonds is 6. The van der Waals surface area contributed by atoms with Gasteiger partial charge in [-0.15, -0.1) is 11.3 Å². The molecule has 106 valence electrons. The molecule has 0 unspecified atom stereocenters. The second kappa shape index (κ2) is 6.88. The molecule has 2 N–H and O–H groups in total. The van der Waals surface area contributed by atoms with Gasteiger partial charge in [0.25, 0.3) is 0 Å². The third-order valence-corrected chi connectivity index (χ3v) is 4.14. The minimum atomic E-state index is -0.307. The van der Waals surface area contributed by atoms with Crippen LogP contribution in [0.25, 0.3) is 0 Å². The molecule has 1 heterocycles. The van der Waals surface area contributed by atoms with Crippen molar-refractivity contribution in [3.63, 3.8) is 0 Å². The lowest BCUT2D eigenvalue weighted by Crippen LogP contribution is -2.10. The Bertz CT molecular complexity index is 613. The van der Waals surface area contributed by atoms with Gasteiger partial charge in [-0.2, -0.15) is 0 Å². The molecule has 0 spiro atoms. The third kappa shape index (κ3) is 3.82. The molecule has 20 heavy (non-hydrogen) atoms. The quantitative estimate of drug-likeness (QED) is 0.658. The van der Waals surface area contributed by atoms with Crippen LogP contribution in [0.1, 0.15) is 21.7 Å². The van der Waals surface area contributed by atoms with E-state index in [1.807, 2.05) is 12.4 Å². The zero-order chi connectivity index (χ0) is 14.5. The van der Waals surface area contributed by atoms with Crippen LogP contribution in [0.15, 0.2) is 23.7 Å². The number of hydrogen-bond acceptors (Lipinski definition) is 4. The molecular formula is C14H15FN2OS2. The summed E-state index contributed by atoms with van der Waals surface area (Å²) in [4.78, 5) is 5.63. The van der Waals surface area contributed by atoms with Gasteiger partial charge in [-0.05, 0) is 25.1 Å². The number of thiocarbonyl (C=S) groups is 1. The summed E-state index contributed by atoms with van der Waals surface area (Å²) in [7, 11) is 0. The van der Waals surface area contributed by atoms with E-state index in [9.17, 15) is 4.39 Å². The minimum absolute atomic E-state index is 0.208. The Morgan fingerprint density at radius 1 is 1.50 bits per heavy atom. The monoisotopic (exact) mass is 310 g/mol. The molecule has 0 aliphatic carbocycles. The number of hydrogen-bond donors (Lipinski definition) is 1. The minimum Gasteiger partial charge on any atom is -0.389 e. The molecule has 1 aromatic carbocycles. The van der Waals surface area contributed by atoms with Gasteiger partial charge >= 0.3 is 0 Å². The van der Waals surface area contributed by atoms with Gasteiger partial charge in [-0.25, -0.2) is 9.37 Å². The van der Waals surface area contributed by atoms with Crippen molar-refractivity contribution >= 4 is 28.5 Å². The molecule has 2 aromatic rings. The van der Waals surface area contributed by atoms with Crippen molar-refractivity contribution in [2.75, 3.05) is 6.61 Å². The molecule has 0 amide bonds. The van der Waals surface area contributed by atoms with Crippen molar-refractivity contribution in [3.05, 3.63) is 51.2 Å². The van der Waals surface area contributed by atoms with E-state index in [4.69, 9.17) is 22.7 Å². The Hall–Kier alpha value is -1.37. The topological polar surface area (TPSA) is 48.1 Å². The summed E-state index contributed by atoms with van der Waals surface area (Å²) in [5, 5.41) is 0. The van der Waals surface area contributed by atoms with Gasteiger partial charge in [0.05, 0.1) is 24.4 Å².